The Hall–Kier alpha value is -1.62. The van der Waals surface area contributed by atoms with E-state index in [4.69, 9.17) is 0 Å². The van der Waals surface area contributed by atoms with Crippen molar-refractivity contribution in [1.82, 2.24) is 10.3 Å². The predicted octanol–water partition coefficient (Wildman–Crippen LogP) is 4.37. The zero-order chi connectivity index (χ0) is 14.8. The van der Waals surface area contributed by atoms with Crippen LogP contribution in [0.5, 0.6) is 0 Å². The van der Waals surface area contributed by atoms with Crippen molar-refractivity contribution >= 4 is 32.7 Å². The lowest BCUT2D eigenvalue weighted by Crippen LogP contribution is -2.38. The minimum absolute atomic E-state index is 0.129. The second-order valence-electron chi connectivity index (χ2n) is 5.88. The van der Waals surface area contributed by atoms with Crippen molar-refractivity contribution < 1.29 is 4.79 Å². The van der Waals surface area contributed by atoms with E-state index in [9.17, 15) is 4.79 Å². The number of thiazole rings is 1. The summed E-state index contributed by atoms with van der Waals surface area (Å²) in [5.41, 5.74) is 3.36. The van der Waals surface area contributed by atoms with Gasteiger partial charge in [0, 0.05) is 6.04 Å². The van der Waals surface area contributed by atoms with Gasteiger partial charge in [0.05, 0.1) is 10.2 Å². The van der Waals surface area contributed by atoms with Gasteiger partial charge in [-0.2, -0.15) is 0 Å². The van der Waals surface area contributed by atoms with Crippen molar-refractivity contribution in [3.05, 3.63) is 23.3 Å². The van der Waals surface area contributed by atoms with E-state index in [1.165, 1.54) is 36.2 Å². The van der Waals surface area contributed by atoms with E-state index in [1.54, 1.807) is 0 Å². The van der Waals surface area contributed by atoms with E-state index >= 15 is 0 Å². The molecule has 1 fully saturated rings. The molecule has 3 rings (SSSR count). The van der Waals surface area contributed by atoms with Crippen molar-refractivity contribution in [2.24, 2.45) is 0 Å². The molecule has 21 heavy (non-hydrogen) atoms. The summed E-state index contributed by atoms with van der Waals surface area (Å²) in [5, 5.41) is 6.61. The van der Waals surface area contributed by atoms with Crippen LogP contribution in [0.3, 0.4) is 0 Å². The number of hydrogen-bond acceptors (Lipinski definition) is 3. The van der Waals surface area contributed by atoms with Crippen LogP contribution >= 0.6 is 11.3 Å². The van der Waals surface area contributed by atoms with Crippen molar-refractivity contribution in [2.45, 2.75) is 52.0 Å². The number of carbonyl (C=O) groups is 1. The Balaban J connectivity index is 1.69. The van der Waals surface area contributed by atoms with Crippen LogP contribution in [0, 0.1) is 13.8 Å². The SMILES string of the molecule is Cc1cc(C)c2nc(NC(=O)NC3CCCCC3)sc2c1. The highest BCUT2D eigenvalue weighted by Gasteiger charge is 2.16. The topological polar surface area (TPSA) is 54.0 Å². The van der Waals surface area contributed by atoms with Crippen LogP contribution in [0.4, 0.5) is 9.93 Å². The Bertz CT molecular complexity index is 659. The summed E-state index contributed by atoms with van der Waals surface area (Å²) in [4.78, 5) is 16.6. The molecule has 112 valence electrons. The Morgan fingerprint density at radius 3 is 2.76 bits per heavy atom. The molecule has 0 aliphatic heterocycles. The summed E-state index contributed by atoms with van der Waals surface area (Å²) in [6, 6.07) is 4.42. The number of carbonyl (C=O) groups excluding carboxylic acids is 1. The van der Waals surface area contributed by atoms with Gasteiger partial charge in [-0.3, -0.25) is 5.32 Å². The second kappa shape index (κ2) is 6.02. The zero-order valence-corrected chi connectivity index (χ0v) is 13.3. The van der Waals surface area contributed by atoms with Crippen molar-refractivity contribution in [3.8, 4) is 0 Å². The number of aromatic nitrogens is 1. The van der Waals surface area contributed by atoms with Crippen LogP contribution < -0.4 is 10.6 Å². The standard InChI is InChI=1S/C16H21N3OS/c1-10-8-11(2)14-13(9-10)21-16(18-14)19-15(20)17-12-6-4-3-5-7-12/h8-9,12H,3-7H2,1-2H3,(H2,17,18,19,20). The number of anilines is 1. The molecule has 0 bridgehead atoms. The number of urea groups is 1. The number of fused-ring (bicyclic) bond motifs is 1. The van der Waals surface area contributed by atoms with Gasteiger partial charge >= 0.3 is 6.03 Å². The first kappa shape index (κ1) is 14.3. The van der Waals surface area contributed by atoms with E-state index < -0.39 is 0 Å². The van der Waals surface area contributed by atoms with Gasteiger partial charge in [-0.1, -0.05) is 36.7 Å². The number of amides is 2. The largest absolute Gasteiger partial charge is 0.335 e. The van der Waals surface area contributed by atoms with Gasteiger partial charge in [0.25, 0.3) is 0 Å². The Morgan fingerprint density at radius 2 is 2.00 bits per heavy atom. The number of rotatable bonds is 2. The van der Waals surface area contributed by atoms with Crippen molar-refractivity contribution in [3.63, 3.8) is 0 Å². The number of benzene rings is 1. The molecule has 1 aliphatic carbocycles. The fraction of sp³-hybridized carbons (Fsp3) is 0.500. The first-order valence-corrected chi connectivity index (χ1v) is 8.39. The molecule has 0 spiro atoms. The third-order valence-corrected chi connectivity index (χ3v) is 4.91. The van der Waals surface area contributed by atoms with Crippen LogP contribution in [0.1, 0.15) is 43.2 Å². The number of hydrogen-bond donors (Lipinski definition) is 2. The van der Waals surface area contributed by atoms with Crippen LogP contribution in [0.25, 0.3) is 10.2 Å². The summed E-state index contributed by atoms with van der Waals surface area (Å²) in [5.74, 6) is 0. The van der Waals surface area contributed by atoms with Crippen LogP contribution in [-0.2, 0) is 0 Å². The van der Waals surface area contributed by atoms with Gasteiger partial charge in [0.2, 0.25) is 0 Å². The molecule has 1 heterocycles. The molecule has 1 aromatic carbocycles. The molecule has 1 aromatic heterocycles. The van der Waals surface area contributed by atoms with Gasteiger partial charge in [-0.15, -0.1) is 0 Å². The molecule has 2 N–H and O–H groups in total. The van der Waals surface area contributed by atoms with Crippen LogP contribution in [0.15, 0.2) is 12.1 Å². The fourth-order valence-corrected chi connectivity index (χ4v) is 4.03. The highest BCUT2D eigenvalue weighted by molar-refractivity contribution is 7.22. The molecule has 2 amide bonds. The van der Waals surface area contributed by atoms with Gasteiger partial charge in [0.1, 0.15) is 0 Å². The minimum atomic E-state index is -0.129. The smallest absolute Gasteiger partial charge is 0.321 e. The van der Waals surface area contributed by atoms with E-state index in [0.29, 0.717) is 11.2 Å². The molecule has 4 nitrogen and oxygen atoms in total. The maximum Gasteiger partial charge on any atom is 0.321 e. The zero-order valence-electron chi connectivity index (χ0n) is 12.5. The Labute approximate surface area is 129 Å². The fourth-order valence-electron chi connectivity index (χ4n) is 2.99. The van der Waals surface area contributed by atoms with E-state index in [1.807, 2.05) is 0 Å². The van der Waals surface area contributed by atoms with Crippen molar-refractivity contribution in [1.29, 1.82) is 0 Å². The quantitative estimate of drug-likeness (QED) is 0.865. The molecule has 0 unspecified atom stereocenters. The second-order valence-corrected chi connectivity index (χ2v) is 6.91. The summed E-state index contributed by atoms with van der Waals surface area (Å²) >= 11 is 1.53. The maximum atomic E-state index is 12.1. The molecule has 0 radical (unpaired) electrons. The van der Waals surface area contributed by atoms with Gasteiger partial charge in [-0.05, 0) is 43.9 Å². The molecule has 2 aromatic rings. The van der Waals surface area contributed by atoms with E-state index in [-0.39, 0.29) is 6.03 Å². The molecule has 5 heteroatoms. The monoisotopic (exact) mass is 303 g/mol. The summed E-state index contributed by atoms with van der Waals surface area (Å²) in [6.07, 6.45) is 5.89. The molecule has 0 atom stereocenters. The third-order valence-electron chi connectivity index (χ3n) is 3.99. The van der Waals surface area contributed by atoms with Crippen LogP contribution in [-0.4, -0.2) is 17.1 Å². The molecular weight excluding hydrogens is 282 g/mol. The number of nitrogens with one attached hydrogen (secondary N) is 2. The molecule has 1 aliphatic rings. The lowest BCUT2D eigenvalue weighted by Gasteiger charge is -2.22. The lowest BCUT2D eigenvalue weighted by atomic mass is 9.96. The highest BCUT2D eigenvalue weighted by atomic mass is 32.1. The van der Waals surface area contributed by atoms with Gasteiger partial charge in [0.15, 0.2) is 5.13 Å². The Kier molecular flexibility index (Phi) is 4.10. The number of aryl methyl sites for hydroxylation is 2. The third kappa shape index (κ3) is 3.35. The molecular formula is C16H21N3OS. The average Bonchev–Trinajstić information content (AvgIpc) is 2.82. The summed E-state index contributed by atoms with van der Waals surface area (Å²) < 4.78 is 1.13. The predicted molar refractivity (Wildman–Crippen MR) is 88.1 cm³/mol. The lowest BCUT2D eigenvalue weighted by molar-refractivity contribution is 0.244. The first-order valence-electron chi connectivity index (χ1n) is 7.57. The average molecular weight is 303 g/mol. The van der Waals surface area contributed by atoms with Crippen molar-refractivity contribution in [2.75, 3.05) is 5.32 Å². The summed E-state index contributed by atoms with van der Waals surface area (Å²) in [6.45, 7) is 4.13. The molecule has 1 saturated carbocycles. The summed E-state index contributed by atoms with van der Waals surface area (Å²) in [7, 11) is 0. The van der Waals surface area contributed by atoms with Crippen LogP contribution in [0.2, 0.25) is 0 Å². The first-order chi connectivity index (χ1) is 10.1. The van der Waals surface area contributed by atoms with Gasteiger partial charge in [-0.25, -0.2) is 9.78 Å². The highest BCUT2D eigenvalue weighted by Crippen LogP contribution is 2.29. The normalized spacial score (nSPS) is 16.1. The number of nitrogens with zero attached hydrogens (tertiary/aromatic N) is 1. The molecule has 0 saturated heterocycles. The van der Waals surface area contributed by atoms with E-state index in [2.05, 4.69) is 41.6 Å². The van der Waals surface area contributed by atoms with Gasteiger partial charge < -0.3 is 5.32 Å². The Morgan fingerprint density at radius 1 is 1.24 bits per heavy atom. The minimum Gasteiger partial charge on any atom is -0.335 e. The van der Waals surface area contributed by atoms with E-state index in [0.717, 1.165) is 28.6 Å². The maximum absolute atomic E-state index is 12.1.